The molecule has 0 radical (unpaired) electrons. The van der Waals surface area contributed by atoms with E-state index in [9.17, 15) is 23.1 Å². The number of phenols is 1. The number of carbonyl (C=O) groups excluding carboxylic acids is 1. The van der Waals surface area contributed by atoms with Crippen LogP contribution in [0.15, 0.2) is 36.4 Å². The molecule has 0 aromatic heterocycles. The number of nitrogens with two attached hydrogens (primary N) is 1. The Labute approximate surface area is 160 Å². The Balaban J connectivity index is 0.00000261. The topological polar surface area (TPSA) is 72.5 Å². The molecule has 8 heteroatoms. The monoisotopic (exact) mass is 401 g/mol. The average molecular weight is 402 g/mol. The number of hydrogen-bond acceptors (Lipinski definition) is 4. The van der Waals surface area contributed by atoms with Gasteiger partial charge in [0.15, 0.2) is 5.78 Å². The van der Waals surface area contributed by atoms with Crippen LogP contribution in [0.4, 0.5) is 13.2 Å². The normalized spacial score (nSPS) is 13.8. The largest absolute Gasteiger partial charge is 0.506 e. The molecule has 146 valence electrons. The van der Waals surface area contributed by atoms with Gasteiger partial charge in [-0.15, -0.1) is 12.4 Å². The molecular formula is C19H19ClF3NO3. The number of Topliss-reactive ketones (excluding diaryl/α,β-unsaturated/α-hetero) is 1. The first kappa shape index (κ1) is 21.1. The van der Waals surface area contributed by atoms with Crippen molar-refractivity contribution in [2.24, 2.45) is 11.7 Å². The molecule has 0 spiro atoms. The standard InChI is InChI=1S/C19H18F3NO3.ClH/c20-19(21,22)16-15(26-10-12-3-1-11(9-23)2-4-12)8-7-14(18(16)25)17(24)13-5-6-13;/h1-4,7-8,13,25H,5-6,9-10,23H2;1H. The second-order valence-electron chi connectivity index (χ2n) is 6.28. The first-order chi connectivity index (χ1) is 12.3. The van der Waals surface area contributed by atoms with Crippen LogP contribution in [-0.4, -0.2) is 10.9 Å². The third-order valence-corrected chi connectivity index (χ3v) is 4.29. The SMILES string of the molecule is Cl.NCc1ccc(COc2ccc(C(=O)C3CC3)c(O)c2C(F)(F)F)cc1. The number of rotatable bonds is 6. The Morgan fingerprint density at radius 3 is 2.22 bits per heavy atom. The lowest BCUT2D eigenvalue weighted by molar-refractivity contribution is -0.140. The molecule has 4 nitrogen and oxygen atoms in total. The van der Waals surface area contributed by atoms with Crippen molar-refractivity contribution in [2.45, 2.75) is 32.2 Å². The second-order valence-corrected chi connectivity index (χ2v) is 6.28. The summed E-state index contributed by atoms with van der Waals surface area (Å²) < 4.78 is 45.6. The van der Waals surface area contributed by atoms with Gasteiger partial charge in [0, 0.05) is 12.5 Å². The molecule has 2 aromatic carbocycles. The number of ketones is 1. The van der Waals surface area contributed by atoms with Gasteiger partial charge >= 0.3 is 6.18 Å². The molecule has 0 unspecified atom stereocenters. The van der Waals surface area contributed by atoms with E-state index in [2.05, 4.69) is 0 Å². The van der Waals surface area contributed by atoms with Crippen LogP contribution in [0.1, 0.15) is 39.9 Å². The van der Waals surface area contributed by atoms with E-state index in [0.717, 1.165) is 11.6 Å². The summed E-state index contributed by atoms with van der Waals surface area (Å²) in [5.41, 5.74) is 5.43. The zero-order valence-corrected chi connectivity index (χ0v) is 15.1. The van der Waals surface area contributed by atoms with E-state index in [4.69, 9.17) is 10.5 Å². The Kier molecular flexibility index (Phi) is 6.38. The summed E-state index contributed by atoms with van der Waals surface area (Å²) in [4.78, 5) is 12.1. The number of benzene rings is 2. The first-order valence-corrected chi connectivity index (χ1v) is 8.19. The highest BCUT2D eigenvalue weighted by Crippen LogP contribution is 2.45. The van der Waals surface area contributed by atoms with Gasteiger partial charge in [0.1, 0.15) is 23.7 Å². The first-order valence-electron chi connectivity index (χ1n) is 8.19. The number of ether oxygens (including phenoxy) is 1. The molecule has 1 aliphatic rings. The fourth-order valence-electron chi connectivity index (χ4n) is 2.66. The fourth-order valence-corrected chi connectivity index (χ4v) is 2.66. The van der Waals surface area contributed by atoms with Crippen LogP contribution >= 0.6 is 12.4 Å². The van der Waals surface area contributed by atoms with E-state index in [0.29, 0.717) is 24.9 Å². The van der Waals surface area contributed by atoms with Crippen molar-refractivity contribution in [1.29, 1.82) is 0 Å². The van der Waals surface area contributed by atoms with Gasteiger partial charge in [0.05, 0.1) is 5.56 Å². The predicted octanol–water partition coefficient (Wildman–Crippen LogP) is 4.46. The summed E-state index contributed by atoms with van der Waals surface area (Å²) in [6.07, 6.45) is -3.57. The summed E-state index contributed by atoms with van der Waals surface area (Å²) >= 11 is 0. The molecular weight excluding hydrogens is 383 g/mol. The van der Waals surface area contributed by atoms with Crippen LogP contribution in [0.25, 0.3) is 0 Å². The van der Waals surface area contributed by atoms with Gasteiger partial charge < -0.3 is 15.6 Å². The minimum absolute atomic E-state index is 0. The van der Waals surface area contributed by atoms with Crippen LogP contribution in [0.2, 0.25) is 0 Å². The van der Waals surface area contributed by atoms with Crippen molar-refractivity contribution in [3.63, 3.8) is 0 Å². The van der Waals surface area contributed by atoms with Gasteiger partial charge in [-0.05, 0) is 36.1 Å². The molecule has 0 amide bonds. The molecule has 0 saturated heterocycles. The van der Waals surface area contributed by atoms with Crippen LogP contribution in [-0.2, 0) is 19.3 Å². The van der Waals surface area contributed by atoms with Crippen molar-refractivity contribution in [1.82, 2.24) is 0 Å². The van der Waals surface area contributed by atoms with E-state index in [1.54, 1.807) is 24.3 Å². The Bertz CT molecular complexity index is 818. The minimum atomic E-state index is -4.84. The number of aromatic hydroxyl groups is 1. The summed E-state index contributed by atoms with van der Waals surface area (Å²) in [5, 5.41) is 10.1. The fraction of sp³-hybridized carbons (Fsp3) is 0.316. The van der Waals surface area contributed by atoms with Crippen LogP contribution in [0.5, 0.6) is 11.5 Å². The average Bonchev–Trinajstić information content (AvgIpc) is 3.43. The quantitative estimate of drug-likeness (QED) is 0.701. The lowest BCUT2D eigenvalue weighted by atomic mass is 10.0. The lowest BCUT2D eigenvalue weighted by Crippen LogP contribution is -2.12. The summed E-state index contributed by atoms with van der Waals surface area (Å²) in [7, 11) is 0. The number of carbonyl (C=O) groups is 1. The maximum atomic E-state index is 13.4. The summed E-state index contributed by atoms with van der Waals surface area (Å²) in [6.45, 7) is 0.257. The van der Waals surface area contributed by atoms with E-state index < -0.39 is 29.0 Å². The summed E-state index contributed by atoms with van der Waals surface area (Å²) in [6, 6.07) is 9.22. The van der Waals surface area contributed by atoms with E-state index in [1.165, 1.54) is 6.07 Å². The van der Waals surface area contributed by atoms with E-state index in [1.807, 2.05) is 0 Å². The Morgan fingerprint density at radius 1 is 1.11 bits per heavy atom. The number of hydrogen-bond donors (Lipinski definition) is 2. The molecule has 3 N–H and O–H groups in total. The van der Waals surface area contributed by atoms with Crippen molar-refractivity contribution in [3.8, 4) is 11.5 Å². The van der Waals surface area contributed by atoms with Gasteiger partial charge in [0.25, 0.3) is 0 Å². The number of alkyl halides is 3. The van der Waals surface area contributed by atoms with Crippen molar-refractivity contribution < 1.29 is 27.8 Å². The molecule has 0 bridgehead atoms. The van der Waals surface area contributed by atoms with E-state index >= 15 is 0 Å². The molecule has 1 fully saturated rings. The van der Waals surface area contributed by atoms with Crippen LogP contribution in [0.3, 0.4) is 0 Å². The third kappa shape index (κ3) is 4.73. The Morgan fingerprint density at radius 2 is 1.70 bits per heavy atom. The molecule has 0 atom stereocenters. The molecule has 0 heterocycles. The van der Waals surface area contributed by atoms with Gasteiger partial charge in [0.2, 0.25) is 0 Å². The third-order valence-electron chi connectivity index (χ3n) is 4.29. The maximum absolute atomic E-state index is 13.4. The number of phenolic OH excluding ortho intramolecular Hbond substituents is 1. The molecule has 0 aliphatic heterocycles. The number of halogens is 4. The molecule has 1 aliphatic carbocycles. The van der Waals surface area contributed by atoms with E-state index in [-0.39, 0.29) is 30.5 Å². The highest BCUT2D eigenvalue weighted by molar-refractivity contribution is 6.02. The maximum Gasteiger partial charge on any atom is 0.423 e. The van der Waals surface area contributed by atoms with Gasteiger partial charge in [-0.3, -0.25) is 4.79 Å². The van der Waals surface area contributed by atoms with Gasteiger partial charge in [-0.1, -0.05) is 24.3 Å². The molecule has 1 saturated carbocycles. The minimum Gasteiger partial charge on any atom is -0.506 e. The molecule has 2 aromatic rings. The van der Waals surface area contributed by atoms with Gasteiger partial charge in [-0.25, -0.2) is 0 Å². The molecule has 27 heavy (non-hydrogen) atoms. The smallest absolute Gasteiger partial charge is 0.423 e. The molecule has 3 rings (SSSR count). The second kappa shape index (κ2) is 8.19. The highest BCUT2D eigenvalue weighted by atomic mass is 35.5. The zero-order chi connectivity index (χ0) is 18.9. The van der Waals surface area contributed by atoms with Crippen LogP contribution < -0.4 is 10.5 Å². The lowest BCUT2D eigenvalue weighted by Gasteiger charge is -2.17. The Hall–Kier alpha value is -2.25. The highest BCUT2D eigenvalue weighted by Gasteiger charge is 2.41. The van der Waals surface area contributed by atoms with Crippen molar-refractivity contribution >= 4 is 18.2 Å². The summed E-state index contributed by atoms with van der Waals surface area (Å²) in [5.74, 6) is -2.33. The van der Waals surface area contributed by atoms with Gasteiger partial charge in [-0.2, -0.15) is 13.2 Å². The predicted molar refractivity (Wildman–Crippen MR) is 96.1 cm³/mol. The van der Waals surface area contributed by atoms with Crippen LogP contribution in [0, 0.1) is 5.92 Å². The zero-order valence-electron chi connectivity index (χ0n) is 14.3. The van der Waals surface area contributed by atoms with Crippen molar-refractivity contribution in [2.75, 3.05) is 0 Å². The van der Waals surface area contributed by atoms with Crippen molar-refractivity contribution in [3.05, 3.63) is 58.7 Å².